The maximum Gasteiger partial charge on any atom is 0.333 e. The largest absolute Gasteiger partial charge is 0.478 e. The topological polar surface area (TPSA) is 101 Å². The molecule has 4 saturated carbocycles. The highest BCUT2D eigenvalue weighted by Gasteiger charge is 2.27. The van der Waals surface area contributed by atoms with Gasteiger partial charge < -0.3 is 28.8 Å². The van der Waals surface area contributed by atoms with Crippen LogP contribution in [-0.2, 0) is 33.3 Å². The average Bonchev–Trinajstić information content (AvgIpc) is 3.75. The molecule has 0 heterocycles. The van der Waals surface area contributed by atoms with Crippen molar-refractivity contribution in [2.45, 2.75) is 160 Å². The maximum absolute atomic E-state index is 11.5. The van der Waals surface area contributed by atoms with Gasteiger partial charge in [0.1, 0.15) is 6.61 Å². The van der Waals surface area contributed by atoms with Crippen LogP contribution in [0.4, 0.5) is 0 Å². The maximum atomic E-state index is 11.5. The number of aliphatic carboxylic acids is 1. The van der Waals surface area contributed by atoms with Crippen LogP contribution in [0.5, 0.6) is 0 Å². The van der Waals surface area contributed by atoms with Crippen molar-refractivity contribution in [1.29, 1.82) is 0 Å². The fraction of sp³-hybridized carbons (Fsp3) is 0.812. The van der Waals surface area contributed by atoms with Gasteiger partial charge in [0.15, 0.2) is 12.6 Å². The summed E-state index contributed by atoms with van der Waals surface area (Å²) in [4.78, 5) is 22.3. The fourth-order valence-electron chi connectivity index (χ4n) is 5.84. The van der Waals surface area contributed by atoms with E-state index in [9.17, 15) is 9.59 Å². The Kier molecular flexibility index (Phi) is 14.7. The van der Waals surface area contributed by atoms with Gasteiger partial charge in [-0.2, -0.15) is 0 Å². The minimum absolute atomic E-state index is 0.165. The smallest absolute Gasteiger partial charge is 0.333 e. The summed E-state index contributed by atoms with van der Waals surface area (Å²) in [6.07, 6.45) is 21.1. The molecule has 0 aromatic carbocycles. The van der Waals surface area contributed by atoms with Gasteiger partial charge in [0.05, 0.1) is 24.4 Å². The number of esters is 1. The summed E-state index contributed by atoms with van der Waals surface area (Å²) in [6, 6.07) is 0. The predicted molar refractivity (Wildman–Crippen MR) is 153 cm³/mol. The van der Waals surface area contributed by atoms with Crippen molar-refractivity contribution in [2.24, 2.45) is 0 Å². The van der Waals surface area contributed by atoms with Crippen molar-refractivity contribution >= 4 is 11.9 Å². The molecule has 4 aliphatic carbocycles. The first-order valence-corrected chi connectivity index (χ1v) is 15.6. The number of hydrogen-bond donors (Lipinski definition) is 1. The van der Waals surface area contributed by atoms with Crippen LogP contribution in [0, 0.1) is 0 Å². The molecule has 8 nitrogen and oxygen atoms in total. The Morgan fingerprint density at radius 1 is 0.700 bits per heavy atom. The van der Waals surface area contributed by atoms with Crippen LogP contribution < -0.4 is 0 Å². The zero-order valence-electron chi connectivity index (χ0n) is 24.8. The van der Waals surface area contributed by atoms with E-state index in [0.717, 1.165) is 51.4 Å². The van der Waals surface area contributed by atoms with Crippen LogP contribution in [0.15, 0.2) is 23.8 Å². The standard InChI is InChI=1S/2C16H26O4/c1-12(2)16(17)18-11-15(19-13-7-3-4-8-13)20-14-9-5-6-10-14;1-12(16(17)18)10-11-15(19-13-6-2-3-7-13)20-14-8-4-5-9-14/h13-15H,1,3-11H2,2H3;10,13-15H,2-9,11H2,1H3,(H,17,18). The lowest BCUT2D eigenvalue weighted by Gasteiger charge is -2.25. The molecule has 4 rings (SSSR count). The number of carboxylic acids is 1. The van der Waals surface area contributed by atoms with Crippen LogP contribution in [0.3, 0.4) is 0 Å². The van der Waals surface area contributed by atoms with Gasteiger partial charge in [-0.1, -0.05) is 64.0 Å². The molecule has 0 amide bonds. The van der Waals surface area contributed by atoms with E-state index in [1.807, 2.05) is 0 Å². The Labute approximate surface area is 240 Å². The molecule has 0 spiro atoms. The summed E-state index contributed by atoms with van der Waals surface area (Å²) in [5.74, 6) is -1.24. The zero-order chi connectivity index (χ0) is 28.7. The van der Waals surface area contributed by atoms with Gasteiger partial charge in [0.25, 0.3) is 0 Å². The molecule has 0 atom stereocenters. The zero-order valence-corrected chi connectivity index (χ0v) is 24.8. The molecular formula is C32H52O8. The lowest BCUT2D eigenvalue weighted by molar-refractivity contribution is -0.214. The highest BCUT2D eigenvalue weighted by Crippen LogP contribution is 2.28. The molecule has 0 bridgehead atoms. The van der Waals surface area contributed by atoms with Crippen molar-refractivity contribution in [1.82, 2.24) is 0 Å². The number of carboxylic acid groups (broad SMARTS) is 1. The van der Waals surface area contributed by atoms with Crippen molar-refractivity contribution in [3.05, 3.63) is 23.8 Å². The van der Waals surface area contributed by atoms with Gasteiger partial charge >= 0.3 is 11.9 Å². The second kappa shape index (κ2) is 17.9. The van der Waals surface area contributed by atoms with E-state index >= 15 is 0 Å². The van der Waals surface area contributed by atoms with Gasteiger partial charge in [0, 0.05) is 17.6 Å². The van der Waals surface area contributed by atoms with E-state index in [1.54, 1.807) is 19.9 Å². The third-order valence-electron chi connectivity index (χ3n) is 8.24. The molecule has 0 aromatic heterocycles. The second-order valence-corrected chi connectivity index (χ2v) is 11.8. The van der Waals surface area contributed by atoms with Crippen molar-refractivity contribution in [3.63, 3.8) is 0 Å². The molecule has 4 fully saturated rings. The van der Waals surface area contributed by atoms with E-state index in [4.69, 9.17) is 28.8 Å². The summed E-state index contributed by atoms with van der Waals surface area (Å²) >= 11 is 0. The molecule has 0 unspecified atom stereocenters. The van der Waals surface area contributed by atoms with Crippen LogP contribution in [0.25, 0.3) is 0 Å². The average molecular weight is 565 g/mol. The number of ether oxygens (including phenoxy) is 5. The summed E-state index contributed by atoms with van der Waals surface area (Å²) in [5, 5.41) is 8.91. The molecule has 1 N–H and O–H groups in total. The minimum Gasteiger partial charge on any atom is -0.478 e. The van der Waals surface area contributed by atoms with Crippen LogP contribution >= 0.6 is 0 Å². The van der Waals surface area contributed by atoms with E-state index in [0.29, 0.717) is 29.8 Å². The van der Waals surface area contributed by atoms with Crippen molar-refractivity contribution < 1.29 is 38.4 Å². The Bertz CT molecular complexity index is 764. The van der Waals surface area contributed by atoms with Gasteiger partial charge in [-0.05, 0) is 65.2 Å². The molecule has 0 radical (unpaired) electrons. The Balaban J connectivity index is 0.000000220. The normalized spacial score (nSPS) is 21.4. The van der Waals surface area contributed by atoms with Crippen LogP contribution in [-0.4, -0.2) is 60.6 Å². The first-order valence-electron chi connectivity index (χ1n) is 15.6. The van der Waals surface area contributed by atoms with Crippen molar-refractivity contribution in [3.8, 4) is 0 Å². The minimum atomic E-state index is -0.870. The fourth-order valence-corrected chi connectivity index (χ4v) is 5.84. The Morgan fingerprint density at radius 3 is 1.38 bits per heavy atom. The Hall–Kier alpha value is -1.74. The molecule has 40 heavy (non-hydrogen) atoms. The number of carbonyl (C=O) groups excluding carboxylic acids is 1. The van der Waals surface area contributed by atoms with Crippen LogP contribution in [0.1, 0.15) is 123 Å². The second-order valence-electron chi connectivity index (χ2n) is 11.8. The lowest BCUT2D eigenvalue weighted by Crippen LogP contribution is -2.32. The molecule has 228 valence electrons. The molecule has 4 aliphatic rings. The summed E-state index contributed by atoms with van der Waals surface area (Å²) < 4.78 is 29.2. The summed E-state index contributed by atoms with van der Waals surface area (Å²) in [7, 11) is 0. The lowest BCUT2D eigenvalue weighted by atomic mass is 10.2. The van der Waals surface area contributed by atoms with Gasteiger partial charge in [-0.3, -0.25) is 0 Å². The number of carbonyl (C=O) groups is 2. The third kappa shape index (κ3) is 12.4. The molecule has 0 saturated heterocycles. The monoisotopic (exact) mass is 564 g/mol. The highest BCUT2D eigenvalue weighted by atomic mass is 16.7. The van der Waals surface area contributed by atoms with Crippen molar-refractivity contribution in [2.75, 3.05) is 6.61 Å². The highest BCUT2D eigenvalue weighted by molar-refractivity contribution is 5.87. The molecule has 8 heteroatoms. The van der Waals surface area contributed by atoms with E-state index in [-0.39, 0.29) is 31.1 Å². The third-order valence-corrected chi connectivity index (χ3v) is 8.24. The molecule has 0 aromatic rings. The van der Waals surface area contributed by atoms with Gasteiger partial charge in [-0.15, -0.1) is 0 Å². The number of hydrogen-bond acceptors (Lipinski definition) is 7. The molecular weight excluding hydrogens is 512 g/mol. The SMILES string of the molecule is C=C(C)C(=O)OCC(OC1CCCC1)OC1CCCC1.CC(=CCC(OC1CCCC1)OC1CCCC1)C(=O)O. The first-order chi connectivity index (χ1) is 19.3. The van der Waals surface area contributed by atoms with E-state index in [1.165, 1.54) is 51.4 Å². The van der Waals surface area contributed by atoms with Gasteiger partial charge in [-0.25, -0.2) is 9.59 Å². The quantitative estimate of drug-likeness (QED) is 0.137. The summed E-state index contributed by atoms with van der Waals surface area (Å²) in [6.45, 7) is 7.01. The van der Waals surface area contributed by atoms with E-state index < -0.39 is 12.3 Å². The Morgan fingerprint density at radius 2 is 1.05 bits per heavy atom. The summed E-state index contributed by atoms with van der Waals surface area (Å²) in [5.41, 5.74) is 0.769. The number of rotatable bonds is 14. The molecule has 0 aliphatic heterocycles. The van der Waals surface area contributed by atoms with Gasteiger partial charge in [0.2, 0.25) is 0 Å². The van der Waals surface area contributed by atoms with E-state index in [2.05, 4.69) is 6.58 Å². The first kappa shape index (κ1) is 32.8. The predicted octanol–water partition coefficient (Wildman–Crippen LogP) is 7.00. The van der Waals surface area contributed by atoms with Crippen LogP contribution in [0.2, 0.25) is 0 Å².